The maximum Gasteiger partial charge on any atom is 0.317 e. The van der Waals surface area contributed by atoms with Crippen molar-refractivity contribution in [2.45, 2.75) is 58.6 Å². The predicted molar refractivity (Wildman–Crippen MR) is 77.6 cm³/mol. The Bertz CT molecular complexity index is 308. The maximum absolute atomic E-state index is 11.8. The molecule has 0 radical (unpaired) electrons. The Hall–Kier alpha value is -1.30. The average Bonchev–Trinajstić information content (AvgIpc) is 2.35. The van der Waals surface area contributed by atoms with Gasteiger partial charge in [0.1, 0.15) is 0 Å². The molecule has 0 aliphatic carbocycles. The number of hydrogen-bond donors (Lipinski definition) is 3. The largest absolute Gasteiger partial charge is 0.481 e. The van der Waals surface area contributed by atoms with Gasteiger partial charge in [0.15, 0.2) is 0 Å². The fraction of sp³-hybridized carbons (Fsp3) is 0.857. The second-order valence-electron chi connectivity index (χ2n) is 5.58. The SMILES string of the molecule is CC(O)CCN(C)C(=O)NC(C)CCCC(C)C(=O)O. The summed E-state index contributed by atoms with van der Waals surface area (Å²) in [5.74, 6) is -1.12. The number of amides is 2. The molecule has 0 aliphatic heterocycles. The van der Waals surface area contributed by atoms with Gasteiger partial charge in [-0.1, -0.05) is 13.3 Å². The van der Waals surface area contributed by atoms with E-state index in [2.05, 4.69) is 5.32 Å². The highest BCUT2D eigenvalue weighted by Crippen LogP contribution is 2.09. The Morgan fingerprint density at radius 2 is 1.75 bits per heavy atom. The summed E-state index contributed by atoms with van der Waals surface area (Å²) >= 11 is 0. The van der Waals surface area contributed by atoms with Crippen LogP contribution < -0.4 is 5.32 Å². The van der Waals surface area contributed by atoms with Crippen molar-refractivity contribution in [3.8, 4) is 0 Å². The van der Waals surface area contributed by atoms with Crippen LogP contribution in [0.1, 0.15) is 46.5 Å². The Labute approximate surface area is 121 Å². The van der Waals surface area contributed by atoms with Crippen molar-refractivity contribution < 1.29 is 19.8 Å². The number of hydrogen-bond acceptors (Lipinski definition) is 3. The normalized spacial score (nSPS) is 15.2. The molecule has 3 unspecified atom stereocenters. The summed E-state index contributed by atoms with van der Waals surface area (Å²) in [5, 5.41) is 20.8. The van der Waals surface area contributed by atoms with Crippen LogP contribution in [0, 0.1) is 5.92 Å². The zero-order valence-corrected chi connectivity index (χ0v) is 12.9. The molecule has 0 spiro atoms. The molecule has 0 fully saturated rings. The first-order valence-electron chi connectivity index (χ1n) is 7.16. The molecule has 0 heterocycles. The van der Waals surface area contributed by atoms with Crippen molar-refractivity contribution in [3.63, 3.8) is 0 Å². The number of aliphatic hydroxyl groups excluding tert-OH is 1. The van der Waals surface area contributed by atoms with E-state index in [0.29, 0.717) is 19.4 Å². The summed E-state index contributed by atoms with van der Waals surface area (Å²) in [5.41, 5.74) is 0. The Balaban J connectivity index is 3.87. The second kappa shape index (κ2) is 9.58. The fourth-order valence-corrected chi connectivity index (χ4v) is 1.73. The molecule has 0 rings (SSSR count). The standard InChI is InChI=1S/C14H28N2O4/c1-10(13(18)19)6-5-7-11(2)15-14(20)16(4)9-8-12(3)17/h10-12,17H,5-9H2,1-4H3,(H,15,20)(H,18,19). The first-order chi connectivity index (χ1) is 9.23. The summed E-state index contributed by atoms with van der Waals surface area (Å²) in [6.45, 7) is 5.80. The summed E-state index contributed by atoms with van der Waals surface area (Å²) in [7, 11) is 1.69. The van der Waals surface area contributed by atoms with Gasteiger partial charge in [-0.2, -0.15) is 0 Å². The van der Waals surface area contributed by atoms with Gasteiger partial charge in [-0.3, -0.25) is 4.79 Å². The van der Waals surface area contributed by atoms with Gasteiger partial charge >= 0.3 is 12.0 Å². The van der Waals surface area contributed by atoms with Gasteiger partial charge in [-0.25, -0.2) is 4.79 Å². The third-order valence-corrected chi connectivity index (χ3v) is 3.29. The molecule has 0 aromatic heterocycles. The number of nitrogens with one attached hydrogen (secondary N) is 1. The molecule has 0 bridgehead atoms. The Kier molecular flexibility index (Phi) is 8.96. The number of carboxylic acid groups (broad SMARTS) is 1. The van der Waals surface area contributed by atoms with E-state index in [0.717, 1.165) is 12.8 Å². The lowest BCUT2D eigenvalue weighted by Crippen LogP contribution is -2.42. The summed E-state index contributed by atoms with van der Waals surface area (Å²) in [6.07, 6.45) is 2.28. The predicted octanol–water partition coefficient (Wildman–Crippen LogP) is 1.68. The number of carbonyl (C=O) groups excluding carboxylic acids is 1. The molecule has 0 aliphatic rings. The molecule has 2 amide bonds. The number of urea groups is 1. The molecule has 6 heteroatoms. The lowest BCUT2D eigenvalue weighted by atomic mass is 10.0. The molecule has 6 nitrogen and oxygen atoms in total. The average molecular weight is 288 g/mol. The summed E-state index contributed by atoms with van der Waals surface area (Å²) in [4.78, 5) is 24.0. The number of rotatable bonds is 9. The minimum atomic E-state index is -0.778. The van der Waals surface area contributed by atoms with E-state index in [9.17, 15) is 14.7 Å². The third-order valence-electron chi connectivity index (χ3n) is 3.29. The van der Waals surface area contributed by atoms with Gasteiger partial charge in [-0.05, 0) is 33.1 Å². The second-order valence-corrected chi connectivity index (χ2v) is 5.58. The van der Waals surface area contributed by atoms with Crippen LogP contribution in [0.5, 0.6) is 0 Å². The zero-order valence-electron chi connectivity index (χ0n) is 12.9. The monoisotopic (exact) mass is 288 g/mol. The van der Waals surface area contributed by atoms with Crippen LogP contribution in [0.25, 0.3) is 0 Å². The highest BCUT2D eigenvalue weighted by Gasteiger charge is 2.14. The highest BCUT2D eigenvalue weighted by atomic mass is 16.4. The van der Waals surface area contributed by atoms with Gasteiger partial charge in [0.25, 0.3) is 0 Å². The van der Waals surface area contributed by atoms with Crippen LogP contribution in [-0.4, -0.2) is 52.9 Å². The molecule has 3 N–H and O–H groups in total. The minimum Gasteiger partial charge on any atom is -0.481 e. The summed E-state index contributed by atoms with van der Waals surface area (Å²) < 4.78 is 0. The molecule has 0 aromatic rings. The van der Waals surface area contributed by atoms with E-state index in [-0.39, 0.29) is 18.0 Å². The van der Waals surface area contributed by atoms with Crippen molar-refractivity contribution in [3.05, 3.63) is 0 Å². The van der Waals surface area contributed by atoms with Gasteiger partial charge in [0, 0.05) is 19.6 Å². The van der Waals surface area contributed by atoms with Gasteiger partial charge in [0.05, 0.1) is 12.0 Å². The van der Waals surface area contributed by atoms with E-state index in [1.54, 1.807) is 25.8 Å². The van der Waals surface area contributed by atoms with E-state index in [1.807, 2.05) is 6.92 Å². The minimum absolute atomic E-state index is 0.0116. The molecular formula is C14H28N2O4. The third kappa shape index (κ3) is 8.74. The molecule has 118 valence electrons. The van der Waals surface area contributed by atoms with Crippen molar-refractivity contribution in [2.24, 2.45) is 5.92 Å². The number of nitrogens with zero attached hydrogens (tertiary/aromatic N) is 1. The molecular weight excluding hydrogens is 260 g/mol. The van der Waals surface area contributed by atoms with E-state index >= 15 is 0 Å². The number of carbonyl (C=O) groups is 2. The molecule has 0 aromatic carbocycles. The van der Waals surface area contributed by atoms with E-state index < -0.39 is 12.1 Å². The fourth-order valence-electron chi connectivity index (χ4n) is 1.73. The Morgan fingerprint density at radius 3 is 2.25 bits per heavy atom. The number of aliphatic carboxylic acids is 1. The van der Waals surface area contributed by atoms with Crippen molar-refractivity contribution in [1.82, 2.24) is 10.2 Å². The Morgan fingerprint density at radius 1 is 1.15 bits per heavy atom. The number of aliphatic hydroxyl groups is 1. The number of carboxylic acids is 1. The quantitative estimate of drug-likeness (QED) is 0.602. The maximum atomic E-state index is 11.8. The molecule has 0 saturated heterocycles. The van der Waals surface area contributed by atoms with Crippen molar-refractivity contribution in [1.29, 1.82) is 0 Å². The molecule has 20 heavy (non-hydrogen) atoms. The zero-order chi connectivity index (χ0) is 15.7. The van der Waals surface area contributed by atoms with Gasteiger partial charge < -0.3 is 20.4 Å². The van der Waals surface area contributed by atoms with Crippen LogP contribution >= 0.6 is 0 Å². The van der Waals surface area contributed by atoms with Gasteiger partial charge in [0.2, 0.25) is 0 Å². The molecule has 0 saturated carbocycles. The van der Waals surface area contributed by atoms with Crippen LogP contribution in [-0.2, 0) is 4.79 Å². The lowest BCUT2D eigenvalue weighted by Gasteiger charge is -2.22. The first kappa shape index (κ1) is 18.7. The summed E-state index contributed by atoms with van der Waals surface area (Å²) in [6, 6.07) is -0.151. The van der Waals surface area contributed by atoms with Crippen molar-refractivity contribution >= 4 is 12.0 Å². The van der Waals surface area contributed by atoms with E-state index in [1.165, 1.54) is 0 Å². The van der Waals surface area contributed by atoms with Crippen LogP contribution in [0.3, 0.4) is 0 Å². The topological polar surface area (TPSA) is 89.9 Å². The highest BCUT2D eigenvalue weighted by molar-refractivity contribution is 5.74. The van der Waals surface area contributed by atoms with E-state index in [4.69, 9.17) is 5.11 Å². The van der Waals surface area contributed by atoms with Gasteiger partial charge in [-0.15, -0.1) is 0 Å². The van der Waals surface area contributed by atoms with Crippen LogP contribution in [0.4, 0.5) is 4.79 Å². The molecule has 3 atom stereocenters. The first-order valence-corrected chi connectivity index (χ1v) is 7.16. The van der Waals surface area contributed by atoms with Crippen LogP contribution in [0.15, 0.2) is 0 Å². The van der Waals surface area contributed by atoms with Crippen LogP contribution in [0.2, 0.25) is 0 Å². The van der Waals surface area contributed by atoms with Crippen molar-refractivity contribution in [2.75, 3.05) is 13.6 Å². The lowest BCUT2D eigenvalue weighted by molar-refractivity contribution is -0.141. The smallest absolute Gasteiger partial charge is 0.317 e.